The highest BCUT2D eigenvalue weighted by Gasteiger charge is 2.34. The summed E-state index contributed by atoms with van der Waals surface area (Å²) < 4.78 is 83.2. The van der Waals surface area contributed by atoms with Crippen LogP contribution in [0.25, 0.3) is 22.3 Å². The molecule has 1 unspecified atom stereocenters. The maximum absolute atomic E-state index is 14.8. The highest BCUT2D eigenvalue weighted by atomic mass is 19.4. The van der Waals surface area contributed by atoms with E-state index in [9.17, 15) is 26.3 Å². The Morgan fingerprint density at radius 2 is 1.35 bits per heavy atom. The van der Waals surface area contributed by atoms with Gasteiger partial charge in [0.15, 0.2) is 11.6 Å². The summed E-state index contributed by atoms with van der Waals surface area (Å²) in [6, 6.07) is 13.2. The van der Waals surface area contributed by atoms with E-state index < -0.39 is 29.6 Å². The molecular formula is C27H26F6O. The zero-order valence-electron chi connectivity index (χ0n) is 19.0. The highest BCUT2D eigenvalue weighted by Crippen LogP contribution is 2.34. The Labute approximate surface area is 195 Å². The minimum atomic E-state index is -5.25. The van der Waals surface area contributed by atoms with Gasteiger partial charge < -0.3 is 4.74 Å². The number of hydrogen-bond donors (Lipinski definition) is 0. The number of aryl methyl sites for hydroxylation is 1. The molecule has 0 amide bonds. The molecule has 0 aliphatic carbocycles. The van der Waals surface area contributed by atoms with Crippen LogP contribution in [0.4, 0.5) is 26.3 Å². The largest absolute Gasteiger partial charge is 0.573 e. The second-order valence-electron chi connectivity index (χ2n) is 8.49. The van der Waals surface area contributed by atoms with Crippen LogP contribution < -0.4 is 4.74 Å². The van der Waals surface area contributed by atoms with Crippen molar-refractivity contribution in [3.63, 3.8) is 0 Å². The average Bonchev–Trinajstić information content (AvgIpc) is 2.76. The molecule has 0 aliphatic heterocycles. The van der Waals surface area contributed by atoms with Crippen molar-refractivity contribution in [2.75, 3.05) is 0 Å². The fourth-order valence-electron chi connectivity index (χ4n) is 4.01. The number of hydrogen-bond acceptors (Lipinski definition) is 1. The van der Waals surface area contributed by atoms with Crippen molar-refractivity contribution in [3.8, 4) is 28.0 Å². The smallest absolute Gasteiger partial charge is 0.399 e. The molecule has 0 fully saturated rings. The molecule has 0 aliphatic rings. The van der Waals surface area contributed by atoms with Crippen LogP contribution in [0.5, 0.6) is 5.75 Å². The van der Waals surface area contributed by atoms with Crippen molar-refractivity contribution >= 4 is 0 Å². The number of ether oxygens (including phenoxy) is 1. The third kappa shape index (κ3) is 6.78. The molecule has 34 heavy (non-hydrogen) atoms. The van der Waals surface area contributed by atoms with Crippen LogP contribution in [0, 0.1) is 23.4 Å². The summed E-state index contributed by atoms with van der Waals surface area (Å²) >= 11 is 0. The molecule has 0 spiro atoms. The average molecular weight is 480 g/mol. The predicted octanol–water partition coefficient (Wildman–Crippen LogP) is 9.10. The Morgan fingerprint density at radius 3 is 1.91 bits per heavy atom. The summed E-state index contributed by atoms with van der Waals surface area (Å²) in [6.07, 6.45) is 0.403. The van der Waals surface area contributed by atoms with Gasteiger partial charge in [0.2, 0.25) is 5.75 Å². The first kappa shape index (κ1) is 25.7. The lowest BCUT2D eigenvalue weighted by atomic mass is 9.96. The van der Waals surface area contributed by atoms with Crippen molar-refractivity contribution < 1.29 is 31.1 Å². The van der Waals surface area contributed by atoms with Crippen molar-refractivity contribution in [1.82, 2.24) is 0 Å². The Balaban J connectivity index is 1.74. The molecule has 3 aromatic carbocycles. The SMILES string of the molecule is CCCC(C)CCCc1ccc(-c2ccc(-c3cc(F)c(OC(F)(F)F)c(F)c3)c(F)c2)cc1. The molecule has 0 heterocycles. The third-order valence-corrected chi connectivity index (χ3v) is 5.73. The zero-order valence-corrected chi connectivity index (χ0v) is 19.0. The quantitative estimate of drug-likeness (QED) is 0.278. The molecule has 0 aromatic heterocycles. The molecule has 1 nitrogen and oxygen atoms in total. The molecule has 3 rings (SSSR count). The summed E-state index contributed by atoms with van der Waals surface area (Å²) in [5.74, 6) is -4.77. The second-order valence-corrected chi connectivity index (χ2v) is 8.49. The Hall–Kier alpha value is -2.96. The van der Waals surface area contributed by atoms with Gasteiger partial charge in [0, 0.05) is 5.56 Å². The van der Waals surface area contributed by atoms with E-state index in [2.05, 4.69) is 18.6 Å². The first-order chi connectivity index (χ1) is 16.1. The number of halogens is 6. The molecule has 0 N–H and O–H groups in total. The summed E-state index contributed by atoms with van der Waals surface area (Å²) in [5, 5.41) is 0. The van der Waals surface area contributed by atoms with Gasteiger partial charge in [-0.05, 0) is 59.2 Å². The van der Waals surface area contributed by atoms with E-state index in [4.69, 9.17) is 0 Å². The van der Waals surface area contributed by atoms with Gasteiger partial charge in [-0.3, -0.25) is 0 Å². The minimum absolute atomic E-state index is 0.141. The van der Waals surface area contributed by atoms with Gasteiger partial charge in [0.25, 0.3) is 0 Å². The van der Waals surface area contributed by atoms with Gasteiger partial charge in [0.05, 0.1) is 0 Å². The van der Waals surface area contributed by atoms with E-state index in [1.54, 1.807) is 6.07 Å². The van der Waals surface area contributed by atoms with Crippen LogP contribution in [0.15, 0.2) is 54.6 Å². The Bertz CT molecular complexity index is 1080. The third-order valence-electron chi connectivity index (χ3n) is 5.73. The van der Waals surface area contributed by atoms with Crippen molar-refractivity contribution in [3.05, 3.63) is 77.6 Å². The summed E-state index contributed by atoms with van der Waals surface area (Å²) in [7, 11) is 0. The van der Waals surface area contributed by atoms with Crippen LogP contribution in [0.1, 0.15) is 45.1 Å². The molecule has 0 bridgehead atoms. The number of rotatable bonds is 9. The lowest BCUT2D eigenvalue weighted by Gasteiger charge is -2.13. The maximum Gasteiger partial charge on any atom is 0.573 e. The monoisotopic (exact) mass is 480 g/mol. The zero-order chi connectivity index (χ0) is 24.9. The van der Waals surface area contributed by atoms with Gasteiger partial charge in [0.1, 0.15) is 5.82 Å². The van der Waals surface area contributed by atoms with E-state index in [1.807, 2.05) is 24.3 Å². The van der Waals surface area contributed by atoms with Crippen LogP contribution in [-0.2, 0) is 6.42 Å². The topological polar surface area (TPSA) is 9.23 Å². The second kappa shape index (κ2) is 11.0. The van der Waals surface area contributed by atoms with E-state index in [-0.39, 0.29) is 11.1 Å². The van der Waals surface area contributed by atoms with E-state index in [1.165, 1.54) is 37.0 Å². The first-order valence-corrected chi connectivity index (χ1v) is 11.2. The summed E-state index contributed by atoms with van der Waals surface area (Å²) in [6.45, 7) is 4.45. The van der Waals surface area contributed by atoms with Crippen LogP contribution in [-0.4, -0.2) is 6.36 Å². The normalized spacial score (nSPS) is 12.6. The predicted molar refractivity (Wildman–Crippen MR) is 121 cm³/mol. The van der Waals surface area contributed by atoms with Crippen molar-refractivity contribution in [1.29, 1.82) is 0 Å². The fraction of sp³-hybridized carbons (Fsp3) is 0.333. The van der Waals surface area contributed by atoms with Gasteiger partial charge in [-0.2, -0.15) is 0 Å². The van der Waals surface area contributed by atoms with E-state index >= 15 is 0 Å². The van der Waals surface area contributed by atoms with Crippen LogP contribution in [0.3, 0.4) is 0 Å². The Morgan fingerprint density at radius 1 is 0.765 bits per heavy atom. The molecule has 0 saturated carbocycles. The number of benzene rings is 3. The van der Waals surface area contributed by atoms with Crippen LogP contribution in [0.2, 0.25) is 0 Å². The van der Waals surface area contributed by atoms with Gasteiger partial charge >= 0.3 is 6.36 Å². The molecule has 7 heteroatoms. The fourth-order valence-corrected chi connectivity index (χ4v) is 4.01. The van der Waals surface area contributed by atoms with E-state index in [0.29, 0.717) is 23.6 Å². The first-order valence-electron chi connectivity index (χ1n) is 11.2. The number of alkyl halides is 3. The summed E-state index contributed by atoms with van der Waals surface area (Å²) in [4.78, 5) is 0. The minimum Gasteiger partial charge on any atom is -0.399 e. The van der Waals surface area contributed by atoms with Crippen molar-refractivity contribution in [2.45, 2.75) is 52.3 Å². The maximum atomic E-state index is 14.8. The molecule has 1 atom stereocenters. The van der Waals surface area contributed by atoms with Gasteiger partial charge in [-0.25, -0.2) is 13.2 Å². The van der Waals surface area contributed by atoms with Gasteiger partial charge in [-0.1, -0.05) is 69.5 Å². The molecule has 0 radical (unpaired) electrons. The lowest BCUT2D eigenvalue weighted by molar-refractivity contribution is -0.276. The Kier molecular flexibility index (Phi) is 8.28. The molecular weight excluding hydrogens is 454 g/mol. The highest BCUT2D eigenvalue weighted by molar-refractivity contribution is 5.71. The summed E-state index contributed by atoms with van der Waals surface area (Å²) in [5.41, 5.74) is 2.16. The van der Waals surface area contributed by atoms with Crippen LogP contribution >= 0.6 is 0 Å². The van der Waals surface area contributed by atoms with Crippen molar-refractivity contribution in [2.24, 2.45) is 5.92 Å². The van der Waals surface area contributed by atoms with Gasteiger partial charge in [-0.15, -0.1) is 13.2 Å². The van der Waals surface area contributed by atoms with E-state index in [0.717, 1.165) is 18.4 Å². The molecule has 182 valence electrons. The standard InChI is InChI=1S/C27H26F6O/c1-3-5-17(2)6-4-7-18-8-10-19(11-9-18)20-12-13-22(23(28)14-20)21-15-24(29)26(25(30)16-21)34-27(31,32)33/h8-17H,3-7H2,1-2H3. The molecule has 0 saturated heterocycles. The molecule has 3 aromatic rings. The lowest BCUT2D eigenvalue weighted by Crippen LogP contribution is -2.19.